The number of fused-ring (bicyclic) bond motifs is 1. The van der Waals surface area contributed by atoms with Gasteiger partial charge in [-0.2, -0.15) is 5.10 Å². The molecule has 9 nitrogen and oxygen atoms in total. The number of primary amides is 1. The minimum atomic E-state index is -0.306. The predicted octanol–water partition coefficient (Wildman–Crippen LogP) is 0.696. The Labute approximate surface area is 166 Å². The molecule has 29 heavy (non-hydrogen) atoms. The van der Waals surface area contributed by atoms with Gasteiger partial charge in [-0.1, -0.05) is 18.2 Å². The van der Waals surface area contributed by atoms with Gasteiger partial charge in [-0.3, -0.25) is 19.0 Å². The molecular formula is C20H22N6O3. The van der Waals surface area contributed by atoms with Crippen molar-refractivity contribution in [1.29, 1.82) is 0 Å². The number of rotatable bonds is 5. The highest BCUT2D eigenvalue weighted by Gasteiger charge is 2.25. The zero-order valence-electron chi connectivity index (χ0n) is 15.9. The molecule has 2 N–H and O–H groups in total. The molecule has 1 aliphatic rings. The lowest BCUT2D eigenvalue weighted by molar-refractivity contribution is -0.135. The summed E-state index contributed by atoms with van der Waals surface area (Å²) in [5.74, 6) is -0.506. The summed E-state index contributed by atoms with van der Waals surface area (Å²) in [6, 6.07) is 9.46. The molecule has 2 amide bonds. The molecule has 0 radical (unpaired) electrons. The first kappa shape index (κ1) is 18.9. The number of nitrogens with two attached hydrogens (primary N) is 1. The van der Waals surface area contributed by atoms with E-state index in [2.05, 4.69) is 10.1 Å². The Morgan fingerprint density at radius 3 is 2.55 bits per heavy atom. The molecule has 1 fully saturated rings. The van der Waals surface area contributed by atoms with Gasteiger partial charge in [0, 0.05) is 32.0 Å². The van der Waals surface area contributed by atoms with Crippen molar-refractivity contribution in [2.24, 2.45) is 11.7 Å². The highest BCUT2D eigenvalue weighted by atomic mass is 16.2. The average Bonchev–Trinajstić information content (AvgIpc) is 3.19. The fourth-order valence-corrected chi connectivity index (χ4v) is 3.65. The number of hydrogen-bond acceptors (Lipinski definition) is 5. The molecule has 0 atom stereocenters. The summed E-state index contributed by atoms with van der Waals surface area (Å²) in [6.45, 7) is 1.28. The van der Waals surface area contributed by atoms with Gasteiger partial charge in [0.25, 0.3) is 5.56 Å². The van der Waals surface area contributed by atoms with Gasteiger partial charge in [0.2, 0.25) is 11.8 Å². The van der Waals surface area contributed by atoms with Gasteiger partial charge in [-0.05, 0) is 25.0 Å². The summed E-state index contributed by atoms with van der Waals surface area (Å²) in [4.78, 5) is 42.6. The van der Waals surface area contributed by atoms with Crippen molar-refractivity contribution in [3.05, 3.63) is 53.2 Å². The average molecular weight is 394 g/mol. The van der Waals surface area contributed by atoms with E-state index in [1.807, 2.05) is 30.3 Å². The number of benzene rings is 1. The van der Waals surface area contributed by atoms with Crippen LogP contribution in [0.15, 0.2) is 47.7 Å². The maximum absolute atomic E-state index is 12.8. The Balaban J connectivity index is 1.45. The van der Waals surface area contributed by atoms with Crippen molar-refractivity contribution in [3.63, 3.8) is 0 Å². The molecule has 2 aromatic heterocycles. The standard InChI is InChI=1S/C20H22N6O3/c21-18(28)14-6-9-24(10-7-14)17(27)8-11-25-13-22-19-16(20(25)29)12-23-26(19)15-4-2-1-3-5-15/h1-5,12-14H,6-11H2,(H2,21,28). The molecule has 3 aromatic rings. The van der Waals surface area contributed by atoms with Gasteiger partial charge in [0.1, 0.15) is 5.39 Å². The lowest BCUT2D eigenvalue weighted by atomic mass is 9.96. The summed E-state index contributed by atoms with van der Waals surface area (Å²) < 4.78 is 3.06. The Kier molecular flexibility index (Phi) is 5.11. The monoisotopic (exact) mass is 394 g/mol. The molecule has 0 bridgehead atoms. The summed E-state index contributed by atoms with van der Waals surface area (Å²) in [5, 5.41) is 4.69. The molecule has 9 heteroatoms. The maximum atomic E-state index is 12.8. The van der Waals surface area contributed by atoms with Crippen LogP contribution in [0, 0.1) is 5.92 Å². The molecule has 0 aliphatic carbocycles. The fourth-order valence-electron chi connectivity index (χ4n) is 3.65. The van der Waals surface area contributed by atoms with E-state index in [1.54, 1.807) is 9.58 Å². The summed E-state index contributed by atoms with van der Waals surface area (Å²) in [6.07, 6.45) is 4.34. The predicted molar refractivity (Wildman–Crippen MR) is 106 cm³/mol. The van der Waals surface area contributed by atoms with E-state index in [0.29, 0.717) is 37.0 Å². The first-order valence-corrected chi connectivity index (χ1v) is 9.60. The molecule has 1 aromatic carbocycles. The Hall–Kier alpha value is -3.49. The smallest absolute Gasteiger partial charge is 0.264 e. The van der Waals surface area contributed by atoms with Crippen LogP contribution < -0.4 is 11.3 Å². The fraction of sp³-hybridized carbons (Fsp3) is 0.350. The van der Waals surface area contributed by atoms with E-state index >= 15 is 0 Å². The second-order valence-electron chi connectivity index (χ2n) is 7.18. The molecule has 1 aliphatic heterocycles. The van der Waals surface area contributed by atoms with Gasteiger partial charge >= 0.3 is 0 Å². The number of aryl methyl sites for hydroxylation is 1. The summed E-state index contributed by atoms with van der Waals surface area (Å²) >= 11 is 0. The first-order valence-electron chi connectivity index (χ1n) is 9.60. The van der Waals surface area contributed by atoms with E-state index in [1.165, 1.54) is 17.1 Å². The minimum absolute atomic E-state index is 0.0418. The van der Waals surface area contributed by atoms with Crippen molar-refractivity contribution in [3.8, 4) is 5.69 Å². The number of carbonyl (C=O) groups excluding carboxylic acids is 2. The van der Waals surface area contributed by atoms with Crippen molar-refractivity contribution in [2.75, 3.05) is 13.1 Å². The quantitative estimate of drug-likeness (QED) is 0.684. The van der Waals surface area contributed by atoms with Gasteiger partial charge in [0.05, 0.1) is 18.2 Å². The van der Waals surface area contributed by atoms with Crippen molar-refractivity contribution < 1.29 is 9.59 Å². The molecular weight excluding hydrogens is 372 g/mol. The molecule has 0 saturated carbocycles. The molecule has 1 saturated heterocycles. The highest BCUT2D eigenvalue weighted by Crippen LogP contribution is 2.17. The normalized spacial score (nSPS) is 15.0. The number of amides is 2. The zero-order valence-corrected chi connectivity index (χ0v) is 15.9. The Morgan fingerprint density at radius 1 is 1.14 bits per heavy atom. The number of likely N-dealkylation sites (tertiary alicyclic amines) is 1. The third kappa shape index (κ3) is 3.75. The SMILES string of the molecule is NC(=O)C1CCN(C(=O)CCn2cnc3c(cnn3-c3ccccc3)c2=O)CC1. The highest BCUT2D eigenvalue weighted by molar-refractivity contribution is 5.79. The Morgan fingerprint density at radius 2 is 1.86 bits per heavy atom. The summed E-state index contributed by atoms with van der Waals surface area (Å²) in [7, 11) is 0. The number of hydrogen-bond donors (Lipinski definition) is 1. The van der Waals surface area contributed by atoms with Crippen LogP contribution in [0.2, 0.25) is 0 Å². The lowest BCUT2D eigenvalue weighted by Crippen LogP contribution is -2.42. The number of aromatic nitrogens is 4. The topological polar surface area (TPSA) is 116 Å². The summed E-state index contributed by atoms with van der Waals surface area (Å²) in [5.41, 5.74) is 6.41. The van der Waals surface area contributed by atoms with Crippen LogP contribution in [0.25, 0.3) is 16.7 Å². The molecule has 4 rings (SSSR count). The van der Waals surface area contributed by atoms with Gasteiger partial charge in [-0.25, -0.2) is 9.67 Å². The van der Waals surface area contributed by atoms with Crippen molar-refractivity contribution >= 4 is 22.8 Å². The van der Waals surface area contributed by atoms with Crippen LogP contribution in [0.4, 0.5) is 0 Å². The molecule has 0 unspecified atom stereocenters. The zero-order chi connectivity index (χ0) is 20.4. The molecule has 150 valence electrons. The molecule has 0 spiro atoms. The lowest BCUT2D eigenvalue weighted by Gasteiger charge is -2.30. The van der Waals surface area contributed by atoms with Crippen LogP contribution in [-0.4, -0.2) is 49.1 Å². The minimum Gasteiger partial charge on any atom is -0.369 e. The second kappa shape index (κ2) is 7.86. The first-order chi connectivity index (χ1) is 14.0. The largest absolute Gasteiger partial charge is 0.369 e. The maximum Gasteiger partial charge on any atom is 0.264 e. The number of carbonyl (C=O) groups is 2. The van der Waals surface area contributed by atoms with E-state index in [4.69, 9.17) is 5.73 Å². The van der Waals surface area contributed by atoms with Gasteiger partial charge in [0.15, 0.2) is 5.65 Å². The Bertz CT molecular complexity index is 1100. The third-order valence-electron chi connectivity index (χ3n) is 5.37. The van der Waals surface area contributed by atoms with Gasteiger partial charge < -0.3 is 10.6 Å². The number of nitrogens with zero attached hydrogens (tertiary/aromatic N) is 5. The van der Waals surface area contributed by atoms with Crippen molar-refractivity contribution in [1.82, 2.24) is 24.2 Å². The number of para-hydroxylation sites is 1. The van der Waals surface area contributed by atoms with Crippen LogP contribution in [0.3, 0.4) is 0 Å². The van der Waals surface area contributed by atoms with Crippen molar-refractivity contribution in [2.45, 2.75) is 25.8 Å². The van der Waals surface area contributed by atoms with E-state index in [0.717, 1.165) is 5.69 Å². The molecule has 3 heterocycles. The van der Waals surface area contributed by atoms with Crippen LogP contribution in [0.1, 0.15) is 19.3 Å². The second-order valence-corrected chi connectivity index (χ2v) is 7.18. The van der Waals surface area contributed by atoms with Gasteiger partial charge in [-0.15, -0.1) is 0 Å². The van der Waals surface area contributed by atoms with Crippen LogP contribution >= 0.6 is 0 Å². The third-order valence-corrected chi connectivity index (χ3v) is 5.37. The van der Waals surface area contributed by atoms with Crippen LogP contribution in [0.5, 0.6) is 0 Å². The van der Waals surface area contributed by atoms with E-state index in [-0.39, 0.29) is 36.3 Å². The van der Waals surface area contributed by atoms with E-state index in [9.17, 15) is 14.4 Å². The van der Waals surface area contributed by atoms with Crippen LogP contribution in [-0.2, 0) is 16.1 Å². The number of piperidine rings is 1. The van der Waals surface area contributed by atoms with E-state index < -0.39 is 0 Å².